The van der Waals surface area contributed by atoms with E-state index in [4.69, 9.17) is 4.74 Å². The van der Waals surface area contributed by atoms with Gasteiger partial charge in [-0.3, -0.25) is 9.59 Å². The zero-order chi connectivity index (χ0) is 50.7. The molecule has 0 bridgehead atoms. The number of amides is 1. The number of ether oxygens (including phenoxy) is 1. The Hall–Kier alpha value is -1.92. The molecule has 2 atom stereocenters. The number of nitrogens with one attached hydrogen (secondary N) is 1. The Labute approximate surface area is 436 Å². The standard InChI is InChI=1S/C64H121NO5/c1-3-5-7-9-11-13-15-17-19-20-21-22-23-24-25-26-29-32-36-40-44-48-52-56-62(67)61(60-66)65-63(68)57-53-49-45-41-37-33-30-27-31-35-39-43-47-51-55-59-70-64(69)58-54-50-46-42-38-34-28-18-16-14-12-10-8-6-4-2/h27,31,35,39,52,56,61-62,66-67H,3-26,28-30,32-34,36-38,40-51,53-55,57-60H2,1-2H3,(H,65,68)/b31-27-,39-35-,56-52+. The van der Waals surface area contributed by atoms with E-state index in [0.717, 1.165) is 77.0 Å². The van der Waals surface area contributed by atoms with Gasteiger partial charge in [-0.05, 0) is 64.2 Å². The summed E-state index contributed by atoms with van der Waals surface area (Å²) in [6, 6.07) is -0.646. The van der Waals surface area contributed by atoms with E-state index in [0.29, 0.717) is 19.4 Å². The number of rotatable bonds is 58. The van der Waals surface area contributed by atoms with Crippen LogP contribution in [0.15, 0.2) is 36.5 Å². The third kappa shape index (κ3) is 55.4. The number of unbranched alkanes of at least 4 members (excludes halogenated alkanes) is 44. The van der Waals surface area contributed by atoms with Crippen molar-refractivity contribution in [2.45, 2.75) is 347 Å². The maximum Gasteiger partial charge on any atom is 0.305 e. The second-order valence-corrected chi connectivity index (χ2v) is 21.4. The van der Waals surface area contributed by atoms with Crippen LogP contribution in [-0.4, -0.2) is 47.4 Å². The van der Waals surface area contributed by atoms with Crippen molar-refractivity contribution in [2.75, 3.05) is 13.2 Å². The highest BCUT2D eigenvalue weighted by Crippen LogP contribution is 2.17. The van der Waals surface area contributed by atoms with Crippen LogP contribution < -0.4 is 5.32 Å². The molecule has 0 saturated heterocycles. The number of esters is 1. The summed E-state index contributed by atoms with van der Waals surface area (Å²) >= 11 is 0. The Balaban J connectivity index is 3.53. The van der Waals surface area contributed by atoms with Gasteiger partial charge in [-0.2, -0.15) is 0 Å². The topological polar surface area (TPSA) is 95.9 Å². The molecule has 6 nitrogen and oxygen atoms in total. The molecule has 0 aliphatic rings. The largest absolute Gasteiger partial charge is 0.466 e. The van der Waals surface area contributed by atoms with Crippen LogP contribution in [0.2, 0.25) is 0 Å². The van der Waals surface area contributed by atoms with E-state index in [1.807, 2.05) is 6.08 Å². The molecule has 0 aliphatic carbocycles. The molecule has 2 unspecified atom stereocenters. The lowest BCUT2D eigenvalue weighted by Crippen LogP contribution is -2.45. The SMILES string of the molecule is CCCCCCCCCCCCCCCCCCCCCCC/C=C/C(O)C(CO)NC(=O)CCCCCCCC/C=C\C=C/CCCCCOC(=O)CCCCCCCCCCCCCCCCC. The van der Waals surface area contributed by atoms with Gasteiger partial charge in [0.25, 0.3) is 0 Å². The van der Waals surface area contributed by atoms with Crippen molar-refractivity contribution in [3.05, 3.63) is 36.5 Å². The second kappa shape index (κ2) is 59.6. The molecule has 0 saturated carbocycles. The summed E-state index contributed by atoms with van der Waals surface area (Å²) in [4.78, 5) is 24.5. The van der Waals surface area contributed by atoms with E-state index in [1.165, 1.54) is 231 Å². The Bertz CT molecular complexity index is 1130. The number of allylic oxidation sites excluding steroid dienone is 5. The Morgan fingerprint density at radius 3 is 1.06 bits per heavy atom. The fourth-order valence-corrected chi connectivity index (χ4v) is 9.63. The lowest BCUT2D eigenvalue weighted by molar-refractivity contribution is -0.143. The van der Waals surface area contributed by atoms with Crippen LogP contribution in [0.1, 0.15) is 335 Å². The molecule has 0 spiro atoms. The molecule has 0 heterocycles. The van der Waals surface area contributed by atoms with Crippen molar-refractivity contribution in [3.63, 3.8) is 0 Å². The minimum atomic E-state index is -0.860. The van der Waals surface area contributed by atoms with Gasteiger partial charge in [0.2, 0.25) is 5.91 Å². The average Bonchev–Trinajstić information content (AvgIpc) is 3.36. The molecule has 412 valence electrons. The summed E-state index contributed by atoms with van der Waals surface area (Å²) in [6.45, 7) is 4.87. The summed E-state index contributed by atoms with van der Waals surface area (Å²) < 4.78 is 5.46. The van der Waals surface area contributed by atoms with E-state index in [-0.39, 0.29) is 18.5 Å². The molecule has 0 aromatic rings. The van der Waals surface area contributed by atoms with Gasteiger partial charge < -0.3 is 20.3 Å². The fraction of sp³-hybridized carbons (Fsp3) is 0.875. The zero-order valence-corrected chi connectivity index (χ0v) is 47.0. The highest BCUT2D eigenvalue weighted by Gasteiger charge is 2.18. The molecule has 1 amide bonds. The highest BCUT2D eigenvalue weighted by atomic mass is 16.5. The second-order valence-electron chi connectivity index (χ2n) is 21.4. The number of aliphatic hydroxyl groups is 2. The number of aliphatic hydroxyl groups excluding tert-OH is 2. The molecular weight excluding hydrogens is 863 g/mol. The third-order valence-corrected chi connectivity index (χ3v) is 14.4. The summed E-state index contributed by atoms with van der Waals surface area (Å²) in [7, 11) is 0. The Morgan fingerprint density at radius 1 is 0.400 bits per heavy atom. The first-order chi connectivity index (χ1) is 34.5. The van der Waals surface area contributed by atoms with Gasteiger partial charge in [0, 0.05) is 12.8 Å². The quantitative estimate of drug-likeness (QED) is 0.0244. The minimum absolute atomic E-state index is 0.0195. The highest BCUT2D eigenvalue weighted by molar-refractivity contribution is 5.76. The summed E-state index contributed by atoms with van der Waals surface area (Å²) in [5, 5.41) is 23.2. The number of hydrogen-bond donors (Lipinski definition) is 3. The molecule has 0 rings (SSSR count). The summed E-state index contributed by atoms with van der Waals surface area (Å²) in [5.41, 5.74) is 0. The molecule has 6 heteroatoms. The van der Waals surface area contributed by atoms with Crippen molar-refractivity contribution in [1.82, 2.24) is 5.32 Å². The number of carbonyl (C=O) groups excluding carboxylic acids is 2. The number of carbonyl (C=O) groups is 2. The maximum atomic E-state index is 12.5. The van der Waals surface area contributed by atoms with Crippen LogP contribution in [0.5, 0.6) is 0 Å². The van der Waals surface area contributed by atoms with Gasteiger partial charge in [-0.15, -0.1) is 0 Å². The normalized spacial score (nSPS) is 12.8. The van der Waals surface area contributed by atoms with Crippen molar-refractivity contribution < 1.29 is 24.5 Å². The van der Waals surface area contributed by atoms with Crippen LogP contribution in [0.4, 0.5) is 0 Å². The molecule has 0 aromatic carbocycles. The molecule has 70 heavy (non-hydrogen) atoms. The predicted molar refractivity (Wildman–Crippen MR) is 306 cm³/mol. The molecular formula is C64H121NO5. The van der Waals surface area contributed by atoms with Gasteiger partial charge in [0.05, 0.1) is 25.4 Å². The van der Waals surface area contributed by atoms with Crippen LogP contribution >= 0.6 is 0 Å². The zero-order valence-electron chi connectivity index (χ0n) is 47.0. The van der Waals surface area contributed by atoms with Gasteiger partial charge in [0.15, 0.2) is 0 Å². The lowest BCUT2D eigenvalue weighted by atomic mass is 10.0. The minimum Gasteiger partial charge on any atom is -0.466 e. The summed E-state index contributed by atoms with van der Waals surface area (Å²) in [6.07, 6.45) is 74.7. The van der Waals surface area contributed by atoms with Crippen LogP contribution in [0.3, 0.4) is 0 Å². The smallest absolute Gasteiger partial charge is 0.305 e. The van der Waals surface area contributed by atoms with Crippen molar-refractivity contribution in [2.24, 2.45) is 0 Å². The number of hydrogen-bond acceptors (Lipinski definition) is 5. The van der Waals surface area contributed by atoms with Crippen molar-refractivity contribution in [1.29, 1.82) is 0 Å². The molecule has 0 aromatic heterocycles. The molecule has 3 N–H and O–H groups in total. The molecule has 0 radical (unpaired) electrons. The Kier molecular flexibility index (Phi) is 58.0. The maximum absolute atomic E-state index is 12.5. The molecule has 0 fully saturated rings. The van der Waals surface area contributed by atoms with E-state index < -0.39 is 12.1 Å². The van der Waals surface area contributed by atoms with Gasteiger partial charge in [-0.1, -0.05) is 294 Å². The van der Waals surface area contributed by atoms with Crippen molar-refractivity contribution in [3.8, 4) is 0 Å². The first-order valence-corrected chi connectivity index (χ1v) is 31.3. The summed E-state index contributed by atoms with van der Waals surface area (Å²) in [5.74, 6) is -0.107. The monoisotopic (exact) mass is 984 g/mol. The predicted octanol–water partition coefficient (Wildman–Crippen LogP) is 19.6. The molecule has 0 aliphatic heterocycles. The van der Waals surface area contributed by atoms with E-state index in [1.54, 1.807) is 6.08 Å². The Morgan fingerprint density at radius 2 is 0.700 bits per heavy atom. The van der Waals surface area contributed by atoms with Crippen LogP contribution in [0, 0.1) is 0 Å². The fourth-order valence-electron chi connectivity index (χ4n) is 9.63. The van der Waals surface area contributed by atoms with Gasteiger partial charge in [0.1, 0.15) is 0 Å². The average molecular weight is 985 g/mol. The van der Waals surface area contributed by atoms with E-state index >= 15 is 0 Å². The van der Waals surface area contributed by atoms with E-state index in [9.17, 15) is 19.8 Å². The third-order valence-electron chi connectivity index (χ3n) is 14.4. The van der Waals surface area contributed by atoms with Crippen molar-refractivity contribution >= 4 is 11.9 Å². The lowest BCUT2D eigenvalue weighted by Gasteiger charge is -2.20. The van der Waals surface area contributed by atoms with Gasteiger partial charge in [-0.25, -0.2) is 0 Å². The van der Waals surface area contributed by atoms with Crippen LogP contribution in [-0.2, 0) is 14.3 Å². The first-order valence-electron chi connectivity index (χ1n) is 31.3. The first kappa shape index (κ1) is 68.1. The van der Waals surface area contributed by atoms with Crippen LogP contribution in [0.25, 0.3) is 0 Å². The van der Waals surface area contributed by atoms with Gasteiger partial charge >= 0.3 is 5.97 Å². The van der Waals surface area contributed by atoms with E-state index in [2.05, 4.69) is 43.5 Å².